The van der Waals surface area contributed by atoms with Crippen LogP contribution >= 0.6 is 0 Å². The van der Waals surface area contributed by atoms with E-state index in [4.69, 9.17) is 9.90 Å². The third kappa shape index (κ3) is 7.51. The molecule has 0 radical (unpaired) electrons. The normalized spacial score (nSPS) is 11.7. The van der Waals surface area contributed by atoms with Gasteiger partial charge in [0.1, 0.15) is 0 Å². The van der Waals surface area contributed by atoms with Gasteiger partial charge in [0.15, 0.2) is 5.69 Å². The number of alkyl halides is 3. The molecule has 31 heavy (non-hydrogen) atoms. The first-order chi connectivity index (χ1) is 14.7. The highest BCUT2D eigenvalue weighted by Crippen LogP contribution is 2.13. The number of nitrogens with one attached hydrogen (secondary N) is 1. The number of carbonyl (C=O) groups excluding carboxylic acids is 1. The van der Waals surface area contributed by atoms with Crippen LogP contribution in [-0.4, -0.2) is 60.9 Å². The molecule has 0 spiro atoms. The van der Waals surface area contributed by atoms with Crippen LogP contribution in [0.2, 0.25) is 0 Å². The van der Waals surface area contributed by atoms with Crippen molar-refractivity contribution >= 4 is 11.9 Å². The lowest BCUT2D eigenvalue weighted by molar-refractivity contribution is -0.192. The Kier molecular flexibility index (Phi) is 8.20. The van der Waals surface area contributed by atoms with Gasteiger partial charge in [-0.25, -0.2) is 9.48 Å². The number of carboxylic acids is 1. The molecular formula is C19H18F3N5O4. The molecule has 0 saturated carbocycles. The van der Waals surface area contributed by atoms with Crippen molar-refractivity contribution < 1.29 is 33.0 Å². The van der Waals surface area contributed by atoms with E-state index in [1.807, 2.05) is 30.3 Å². The van der Waals surface area contributed by atoms with Crippen LogP contribution in [-0.2, 0) is 11.2 Å². The quantitative estimate of drug-likeness (QED) is 0.534. The molecule has 0 aliphatic heterocycles. The molecule has 12 heteroatoms. The molecular weight excluding hydrogens is 419 g/mol. The fourth-order valence-corrected chi connectivity index (χ4v) is 2.31. The van der Waals surface area contributed by atoms with E-state index >= 15 is 0 Å². The van der Waals surface area contributed by atoms with Crippen LogP contribution in [0.4, 0.5) is 13.2 Å². The summed E-state index contributed by atoms with van der Waals surface area (Å²) >= 11 is 0. The maximum atomic E-state index is 12.3. The summed E-state index contributed by atoms with van der Waals surface area (Å²) in [6.07, 6.45) is 0.278. The van der Waals surface area contributed by atoms with Crippen molar-refractivity contribution in [2.75, 3.05) is 6.61 Å². The lowest BCUT2D eigenvalue weighted by atomic mass is 10.1. The Morgan fingerprint density at radius 3 is 2.26 bits per heavy atom. The van der Waals surface area contributed by atoms with Crippen molar-refractivity contribution in [3.63, 3.8) is 0 Å². The molecule has 1 amide bonds. The fraction of sp³-hybridized carbons (Fsp3) is 0.211. The Morgan fingerprint density at radius 1 is 1.10 bits per heavy atom. The standard InChI is InChI=1S/C17H17N5O2.C2HF3O2/c23-12-14(10-13-4-2-1-3-5-13)19-17(24)16-11-22(21-20-16)15-6-8-18-9-7-15;3-2(4,5)1(6)7/h1-9,11,14,23H,10,12H2,(H,19,24);(H,6,7). The van der Waals surface area contributed by atoms with Gasteiger partial charge in [0.25, 0.3) is 5.91 Å². The molecule has 1 unspecified atom stereocenters. The molecule has 0 aliphatic rings. The summed E-state index contributed by atoms with van der Waals surface area (Å²) in [6.45, 7) is -0.154. The maximum absolute atomic E-state index is 12.3. The van der Waals surface area contributed by atoms with Crippen molar-refractivity contribution in [2.45, 2.75) is 18.6 Å². The first-order valence-corrected chi connectivity index (χ1v) is 8.79. The highest BCUT2D eigenvalue weighted by atomic mass is 19.4. The lowest BCUT2D eigenvalue weighted by Crippen LogP contribution is -2.39. The molecule has 2 aromatic heterocycles. The van der Waals surface area contributed by atoms with Crippen molar-refractivity contribution in [3.05, 3.63) is 72.3 Å². The second kappa shape index (κ2) is 10.8. The molecule has 164 valence electrons. The van der Waals surface area contributed by atoms with E-state index in [0.717, 1.165) is 11.3 Å². The number of aliphatic carboxylic acids is 1. The van der Waals surface area contributed by atoms with Crippen molar-refractivity contribution in [3.8, 4) is 5.69 Å². The Morgan fingerprint density at radius 2 is 1.71 bits per heavy atom. The third-order valence-corrected chi connectivity index (χ3v) is 3.78. The smallest absolute Gasteiger partial charge is 0.475 e. The largest absolute Gasteiger partial charge is 0.490 e. The highest BCUT2D eigenvalue weighted by Gasteiger charge is 2.38. The molecule has 0 bridgehead atoms. The van der Waals surface area contributed by atoms with E-state index in [-0.39, 0.29) is 24.2 Å². The summed E-state index contributed by atoms with van der Waals surface area (Å²) in [5.41, 5.74) is 2.00. The SMILES string of the molecule is O=C(NC(CO)Cc1ccccc1)c1cn(-c2ccncc2)nn1.O=C(O)C(F)(F)F. The van der Waals surface area contributed by atoms with E-state index in [1.54, 1.807) is 30.7 Å². The second-order valence-electron chi connectivity index (χ2n) is 6.10. The fourth-order valence-electron chi connectivity index (χ4n) is 2.31. The van der Waals surface area contributed by atoms with Gasteiger partial charge in [0.05, 0.1) is 24.5 Å². The molecule has 9 nitrogen and oxygen atoms in total. The number of hydrogen-bond acceptors (Lipinski definition) is 6. The van der Waals surface area contributed by atoms with Gasteiger partial charge in [-0.05, 0) is 24.1 Å². The van der Waals surface area contributed by atoms with Crippen molar-refractivity contribution in [2.24, 2.45) is 0 Å². The zero-order chi connectivity index (χ0) is 22.9. The van der Waals surface area contributed by atoms with Crippen LogP contribution in [0.1, 0.15) is 16.1 Å². The molecule has 3 aromatic rings. The van der Waals surface area contributed by atoms with Gasteiger partial charge >= 0.3 is 12.1 Å². The number of aromatic nitrogens is 4. The van der Waals surface area contributed by atoms with Crippen molar-refractivity contribution in [1.82, 2.24) is 25.3 Å². The highest BCUT2D eigenvalue weighted by molar-refractivity contribution is 5.92. The van der Waals surface area contributed by atoms with Gasteiger partial charge < -0.3 is 15.5 Å². The zero-order valence-electron chi connectivity index (χ0n) is 15.9. The second-order valence-corrected chi connectivity index (χ2v) is 6.10. The molecule has 3 rings (SSSR count). The van der Waals surface area contributed by atoms with Gasteiger partial charge in [0.2, 0.25) is 0 Å². The summed E-state index contributed by atoms with van der Waals surface area (Å²) in [6, 6.07) is 12.8. The number of aliphatic hydroxyl groups is 1. The van der Waals surface area contributed by atoms with Crippen LogP contribution in [0.3, 0.4) is 0 Å². The maximum Gasteiger partial charge on any atom is 0.490 e. The molecule has 2 heterocycles. The molecule has 1 atom stereocenters. The number of rotatable bonds is 6. The molecule has 0 fully saturated rings. The molecule has 0 saturated heterocycles. The predicted octanol–water partition coefficient (Wildman–Crippen LogP) is 1.63. The van der Waals surface area contributed by atoms with Gasteiger partial charge in [-0.2, -0.15) is 13.2 Å². The number of halogens is 3. The van der Waals surface area contributed by atoms with Crippen LogP contribution in [0.25, 0.3) is 5.69 Å². The number of pyridine rings is 1. The van der Waals surface area contributed by atoms with Crippen LogP contribution in [0.5, 0.6) is 0 Å². The number of amides is 1. The number of aliphatic hydroxyl groups excluding tert-OH is 1. The Labute approximate surface area is 174 Å². The average molecular weight is 437 g/mol. The number of hydrogen-bond donors (Lipinski definition) is 3. The summed E-state index contributed by atoms with van der Waals surface area (Å²) in [7, 11) is 0. The summed E-state index contributed by atoms with van der Waals surface area (Å²) < 4.78 is 33.2. The average Bonchev–Trinajstić information content (AvgIpc) is 3.25. The van der Waals surface area contributed by atoms with Crippen LogP contribution in [0.15, 0.2) is 61.1 Å². The van der Waals surface area contributed by atoms with E-state index < -0.39 is 12.1 Å². The molecule has 3 N–H and O–H groups in total. The minimum atomic E-state index is -5.08. The Hall–Kier alpha value is -3.80. The Bertz CT molecular complexity index is 981. The first-order valence-electron chi connectivity index (χ1n) is 8.79. The van der Waals surface area contributed by atoms with E-state index in [2.05, 4.69) is 20.6 Å². The zero-order valence-corrected chi connectivity index (χ0v) is 15.9. The van der Waals surface area contributed by atoms with E-state index in [1.165, 1.54) is 4.68 Å². The molecule has 1 aromatic carbocycles. The monoisotopic (exact) mass is 437 g/mol. The van der Waals surface area contributed by atoms with Gasteiger partial charge in [-0.15, -0.1) is 5.10 Å². The van der Waals surface area contributed by atoms with Crippen LogP contribution < -0.4 is 5.32 Å². The van der Waals surface area contributed by atoms with Gasteiger partial charge in [-0.3, -0.25) is 9.78 Å². The van der Waals surface area contributed by atoms with E-state index in [0.29, 0.717) is 6.42 Å². The predicted molar refractivity (Wildman–Crippen MR) is 101 cm³/mol. The first kappa shape index (κ1) is 23.5. The lowest BCUT2D eigenvalue weighted by Gasteiger charge is -2.15. The minimum Gasteiger partial charge on any atom is -0.475 e. The number of carboxylic acid groups (broad SMARTS) is 1. The molecule has 0 aliphatic carbocycles. The van der Waals surface area contributed by atoms with E-state index in [9.17, 15) is 23.1 Å². The number of carbonyl (C=O) groups is 2. The topological polar surface area (TPSA) is 130 Å². The number of nitrogens with zero attached hydrogens (tertiary/aromatic N) is 4. The minimum absolute atomic E-state index is 0.154. The number of benzene rings is 1. The van der Waals surface area contributed by atoms with Gasteiger partial charge in [0, 0.05) is 12.4 Å². The summed E-state index contributed by atoms with van der Waals surface area (Å²) in [4.78, 5) is 25.1. The summed E-state index contributed by atoms with van der Waals surface area (Å²) in [5, 5.41) is 27.2. The van der Waals surface area contributed by atoms with Crippen LogP contribution in [0, 0.1) is 0 Å². The van der Waals surface area contributed by atoms with Crippen molar-refractivity contribution in [1.29, 1.82) is 0 Å². The van der Waals surface area contributed by atoms with Gasteiger partial charge in [-0.1, -0.05) is 35.5 Å². The third-order valence-electron chi connectivity index (χ3n) is 3.78. The summed E-state index contributed by atoms with van der Waals surface area (Å²) in [5.74, 6) is -3.13. The Balaban J connectivity index is 0.000000423.